The molecule has 3 heteroatoms. The number of carbonyl (C=O) groups is 1. The third-order valence-corrected chi connectivity index (χ3v) is 8.06. The number of piperidine rings is 1. The van der Waals surface area contributed by atoms with Crippen molar-refractivity contribution in [3.05, 3.63) is 108 Å². The number of hydrogen-bond donors (Lipinski definition) is 0. The maximum atomic E-state index is 13.2. The van der Waals surface area contributed by atoms with E-state index < -0.39 is 0 Å². The van der Waals surface area contributed by atoms with Crippen molar-refractivity contribution in [1.29, 1.82) is 0 Å². The van der Waals surface area contributed by atoms with E-state index in [0.29, 0.717) is 17.8 Å². The van der Waals surface area contributed by atoms with Gasteiger partial charge in [0.15, 0.2) is 0 Å². The lowest BCUT2D eigenvalue weighted by Gasteiger charge is -2.36. The van der Waals surface area contributed by atoms with Gasteiger partial charge in [0.05, 0.1) is 0 Å². The Morgan fingerprint density at radius 2 is 1.47 bits per heavy atom. The topological polar surface area (TPSA) is 23.6 Å². The minimum atomic E-state index is 0.139. The molecule has 0 aromatic heterocycles. The summed E-state index contributed by atoms with van der Waals surface area (Å²) in [7, 11) is 2.00. The fraction of sp³-hybridized carbons (Fsp3) is 0.387. The van der Waals surface area contributed by atoms with Crippen LogP contribution in [-0.2, 0) is 0 Å². The Balaban J connectivity index is 1.31. The minimum absolute atomic E-state index is 0.139. The molecule has 176 valence electrons. The number of amides is 1. The molecule has 5 rings (SSSR count). The quantitative estimate of drug-likeness (QED) is 0.444. The van der Waals surface area contributed by atoms with Gasteiger partial charge in [-0.1, -0.05) is 78.9 Å². The fourth-order valence-corrected chi connectivity index (χ4v) is 6.22. The van der Waals surface area contributed by atoms with Crippen molar-refractivity contribution >= 4 is 5.91 Å². The first-order valence-electron chi connectivity index (χ1n) is 12.8. The van der Waals surface area contributed by atoms with E-state index >= 15 is 0 Å². The minimum Gasteiger partial charge on any atom is -0.339 e. The molecule has 1 heterocycles. The van der Waals surface area contributed by atoms with Crippen LogP contribution < -0.4 is 0 Å². The molecule has 1 saturated carbocycles. The smallest absolute Gasteiger partial charge is 0.253 e. The summed E-state index contributed by atoms with van der Waals surface area (Å²) in [5.41, 5.74) is 3.68. The van der Waals surface area contributed by atoms with Crippen LogP contribution in [0.25, 0.3) is 0 Å². The van der Waals surface area contributed by atoms with Gasteiger partial charge in [-0.25, -0.2) is 0 Å². The first-order valence-corrected chi connectivity index (χ1v) is 12.8. The number of hydrogen-bond acceptors (Lipinski definition) is 2. The Kier molecular flexibility index (Phi) is 7.10. The van der Waals surface area contributed by atoms with E-state index in [0.717, 1.165) is 31.5 Å². The van der Waals surface area contributed by atoms with Crippen LogP contribution in [0.5, 0.6) is 0 Å². The van der Waals surface area contributed by atoms with Crippen molar-refractivity contribution < 1.29 is 4.79 Å². The highest BCUT2D eigenvalue weighted by Gasteiger charge is 2.39. The van der Waals surface area contributed by atoms with Crippen LogP contribution in [0.2, 0.25) is 0 Å². The number of likely N-dealkylation sites (tertiary alicyclic amines) is 1. The highest BCUT2D eigenvalue weighted by atomic mass is 16.2. The van der Waals surface area contributed by atoms with Crippen molar-refractivity contribution in [3.8, 4) is 0 Å². The van der Waals surface area contributed by atoms with Gasteiger partial charge in [-0.05, 0) is 73.2 Å². The molecule has 2 aliphatic rings. The number of nitrogens with zero attached hydrogens (tertiary/aromatic N) is 2. The molecular weight excluding hydrogens is 416 g/mol. The largest absolute Gasteiger partial charge is 0.339 e. The van der Waals surface area contributed by atoms with Gasteiger partial charge >= 0.3 is 0 Å². The van der Waals surface area contributed by atoms with E-state index in [4.69, 9.17) is 0 Å². The standard InChI is InChI=1S/C31H36N2O/c1-32(31(34)26-16-9-4-10-17-26)29-20-28(30(21-29)25-14-7-3-8-15-25)23-33-19-11-18-27(22-33)24-12-5-2-6-13-24/h2-10,12-17,27-30H,11,18-23H2,1H3. The Bertz CT molecular complexity index is 1050. The lowest BCUT2D eigenvalue weighted by atomic mass is 9.86. The normalized spacial score (nSPS) is 25.2. The zero-order valence-corrected chi connectivity index (χ0v) is 20.2. The van der Waals surface area contributed by atoms with Gasteiger partial charge in [0.2, 0.25) is 0 Å². The van der Waals surface area contributed by atoms with E-state index in [1.54, 1.807) is 0 Å². The van der Waals surface area contributed by atoms with Crippen LogP contribution >= 0.6 is 0 Å². The first kappa shape index (κ1) is 22.9. The number of carbonyl (C=O) groups excluding carboxylic acids is 1. The van der Waals surface area contributed by atoms with Crippen molar-refractivity contribution in [1.82, 2.24) is 9.80 Å². The van der Waals surface area contributed by atoms with Gasteiger partial charge in [0, 0.05) is 31.7 Å². The molecule has 0 bridgehead atoms. The van der Waals surface area contributed by atoms with E-state index in [1.807, 2.05) is 42.3 Å². The second-order valence-electron chi connectivity index (χ2n) is 10.2. The monoisotopic (exact) mass is 452 g/mol. The van der Waals surface area contributed by atoms with Crippen LogP contribution in [0.15, 0.2) is 91.0 Å². The molecular formula is C31H36N2O. The molecule has 3 aromatic rings. The van der Waals surface area contributed by atoms with Gasteiger partial charge < -0.3 is 9.80 Å². The van der Waals surface area contributed by atoms with E-state index in [9.17, 15) is 4.79 Å². The molecule has 0 N–H and O–H groups in total. The number of benzene rings is 3. The molecule has 4 unspecified atom stereocenters. The van der Waals surface area contributed by atoms with Crippen LogP contribution in [0.4, 0.5) is 0 Å². The fourth-order valence-electron chi connectivity index (χ4n) is 6.22. The molecule has 1 aliphatic carbocycles. The van der Waals surface area contributed by atoms with Gasteiger partial charge in [-0.15, -0.1) is 0 Å². The average Bonchev–Trinajstić information content (AvgIpc) is 3.33. The predicted molar refractivity (Wildman–Crippen MR) is 139 cm³/mol. The summed E-state index contributed by atoms with van der Waals surface area (Å²) in [4.78, 5) is 17.9. The Hall–Kier alpha value is -2.91. The van der Waals surface area contributed by atoms with Gasteiger partial charge in [-0.3, -0.25) is 4.79 Å². The van der Waals surface area contributed by atoms with E-state index in [1.165, 1.54) is 30.5 Å². The summed E-state index contributed by atoms with van der Waals surface area (Å²) in [5.74, 6) is 1.83. The second-order valence-corrected chi connectivity index (χ2v) is 10.2. The third-order valence-electron chi connectivity index (χ3n) is 8.06. The van der Waals surface area contributed by atoms with Crippen molar-refractivity contribution in [2.24, 2.45) is 5.92 Å². The Labute approximate surface area is 204 Å². The maximum absolute atomic E-state index is 13.2. The molecule has 2 fully saturated rings. The lowest BCUT2D eigenvalue weighted by molar-refractivity contribution is 0.0729. The molecule has 3 nitrogen and oxygen atoms in total. The zero-order valence-electron chi connectivity index (χ0n) is 20.2. The summed E-state index contributed by atoms with van der Waals surface area (Å²) in [6.07, 6.45) is 4.66. The molecule has 3 aromatic carbocycles. The molecule has 0 radical (unpaired) electrons. The van der Waals surface area contributed by atoms with Crippen molar-refractivity contribution in [2.75, 3.05) is 26.7 Å². The van der Waals surface area contributed by atoms with Gasteiger partial charge in [0.1, 0.15) is 0 Å². The highest BCUT2D eigenvalue weighted by Crippen LogP contribution is 2.43. The van der Waals surface area contributed by atoms with Crippen molar-refractivity contribution in [2.45, 2.75) is 43.6 Å². The predicted octanol–water partition coefficient (Wildman–Crippen LogP) is 6.20. The molecule has 0 spiro atoms. The second kappa shape index (κ2) is 10.6. The Morgan fingerprint density at radius 3 is 2.15 bits per heavy atom. The lowest BCUT2D eigenvalue weighted by Crippen LogP contribution is -2.39. The van der Waals surface area contributed by atoms with Gasteiger partial charge in [0.25, 0.3) is 5.91 Å². The SMILES string of the molecule is CN(C(=O)c1ccccc1)C1CC(CN2CCCC(c3ccccc3)C2)C(c2ccccc2)C1. The number of rotatable bonds is 6. The molecule has 34 heavy (non-hydrogen) atoms. The summed E-state index contributed by atoms with van der Waals surface area (Å²) in [6.45, 7) is 3.45. The summed E-state index contributed by atoms with van der Waals surface area (Å²) in [5, 5.41) is 0. The average molecular weight is 453 g/mol. The molecule has 1 saturated heterocycles. The summed E-state index contributed by atoms with van der Waals surface area (Å²) < 4.78 is 0. The zero-order chi connectivity index (χ0) is 23.3. The molecule has 4 atom stereocenters. The van der Waals surface area contributed by atoms with Crippen LogP contribution in [0.1, 0.15) is 59.0 Å². The highest BCUT2D eigenvalue weighted by molar-refractivity contribution is 5.94. The van der Waals surface area contributed by atoms with Crippen LogP contribution in [0.3, 0.4) is 0 Å². The van der Waals surface area contributed by atoms with E-state index in [-0.39, 0.29) is 11.9 Å². The van der Waals surface area contributed by atoms with Crippen molar-refractivity contribution in [3.63, 3.8) is 0 Å². The molecule has 1 aliphatic heterocycles. The Morgan fingerprint density at radius 1 is 0.853 bits per heavy atom. The van der Waals surface area contributed by atoms with E-state index in [2.05, 4.69) is 65.6 Å². The molecule has 1 amide bonds. The summed E-state index contributed by atoms with van der Waals surface area (Å²) >= 11 is 0. The van der Waals surface area contributed by atoms with Crippen LogP contribution in [-0.4, -0.2) is 48.4 Å². The maximum Gasteiger partial charge on any atom is 0.253 e. The van der Waals surface area contributed by atoms with Gasteiger partial charge in [-0.2, -0.15) is 0 Å². The summed E-state index contributed by atoms with van der Waals surface area (Å²) in [6, 6.07) is 32.0. The first-order chi connectivity index (χ1) is 16.7. The van der Waals surface area contributed by atoms with Crippen LogP contribution in [0, 0.1) is 5.92 Å². The third kappa shape index (κ3) is 5.10.